The van der Waals surface area contributed by atoms with Crippen LogP contribution in [0.15, 0.2) is 30.7 Å². The second kappa shape index (κ2) is 6.14. The zero-order valence-electron chi connectivity index (χ0n) is 13.1. The number of hydrogen-bond acceptors (Lipinski definition) is 5. The largest absolute Gasteiger partial charge is 0.369 e. The van der Waals surface area contributed by atoms with Gasteiger partial charge in [0, 0.05) is 30.7 Å². The Hall–Kier alpha value is -2.18. The number of nitrogens with two attached hydrogens (primary N) is 1. The SMILES string of the molecule is CC(C)(CN)CNc1cc(-c2c[nH]c3nccnc23)cc(Cl)n1. The van der Waals surface area contributed by atoms with Crippen LogP contribution < -0.4 is 11.1 Å². The molecule has 0 aliphatic rings. The van der Waals surface area contributed by atoms with Crippen molar-refractivity contribution in [2.45, 2.75) is 13.8 Å². The molecule has 4 N–H and O–H groups in total. The van der Waals surface area contributed by atoms with Crippen LogP contribution in [0.3, 0.4) is 0 Å². The fourth-order valence-electron chi connectivity index (χ4n) is 2.21. The van der Waals surface area contributed by atoms with Crippen molar-refractivity contribution < 1.29 is 0 Å². The summed E-state index contributed by atoms with van der Waals surface area (Å²) in [5.41, 5.74) is 9.18. The van der Waals surface area contributed by atoms with E-state index in [4.69, 9.17) is 17.3 Å². The molecular weight excluding hydrogens is 312 g/mol. The van der Waals surface area contributed by atoms with Gasteiger partial charge in [-0.1, -0.05) is 25.4 Å². The highest BCUT2D eigenvalue weighted by atomic mass is 35.5. The highest BCUT2D eigenvalue weighted by molar-refractivity contribution is 6.29. The monoisotopic (exact) mass is 330 g/mol. The number of halogens is 1. The number of aromatic nitrogens is 4. The molecule has 0 aromatic carbocycles. The van der Waals surface area contributed by atoms with E-state index in [0.717, 1.165) is 22.3 Å². The van der Waals surface area contributed by atoms with Crippen molar-refractivity contribution in [1.82, 2.24) is 19.9 Å². The number of nitrogens with one attached hydrogen (secondary N) is 2. The summed E-state index contributed by atoms with van der Waals surface area (Å²) in [6.07, 6.45) is 5.21. The lowest BCUT2D eigenvalue weighted by molar-refractivity contribution is 0.405. The van der Waals surface area contributed by atoms with Gasteiger partial charge in [0.1, 0.15) is 16.5 Å². The minimum atomic E-state index is -0.0174. The Morgan fingerprint density at radius 3 is 2.83 bits per heavy atom. The molecule has 0 saturated heterocycles. The van der Waals surface area contributed by atoms with E-state index in [1.54, 1.807) is 12.4 Å². The van der Waals surface area contributed by atoms with Crippen molar-refractivity contribution in [3.63, 3.8) is 0 Å². The molecule has 0 aliphatic heterocycles. The minimum absolute atomic E-state index is 0.0174. The van der Waals surface area contributed by atoms with Crippen LogP contribution in [0.2, 0.25) is 5.15 Å². The summed E-state index contributed by atoms with van der Waals surface area (Å²) in [6.45, 7) is 5.50. The van der Waals surface area contributed by atoms with Crippen molar-refractivity contribution in [2.24, 2.45) is 11.1 Å². The number of pyridine rings is 1. The highest BCUT2D eigenvalue weighted by Crippen LogP contribution is 2.29. The van der Waals surface area contributed by atoms with Gasteiger partial charge in [0.2, 0.25) is 0 Å². The van der Waals surface area contributed by atoms with Gasteiger partial charge in [-0.15, -0.1) is 0 Å². The van der Waals surface area contributed by atoms with Crippen molar-refractivity contribution in [3.05, 3.63) is 35.9 Å². The molecule has 0 aliphatic carbocycles. The average molecular weight is 331 g/mol. The molecule has 6 nitrogen and oxygen atoms in total. The highest BCUT2D eigenvalue weighted by Gasteiger charge is 2.16. The van der Waals surface area contributed by atoms with Gasteiger partial charge in [0.05, 0.1) is 0 Å². The molecule has 0 unspecified atom stereocenters. The maximum absolute atomic E-state index is 6.18. The molecular formula is C16H19ClN6. The fraction of sp³-hybridized carbons (Fsp3) is 0.312. The Morgan fingerprint density at radius 2 is 2.04 bits per heavy atom. The fourth-order valence-corrected chi connectivity index (χ4v) is 2.42. The topological polar surface area (TPSA) is 92.5 Å². The first kappa shape index (κ1) is 15.7. The Labute approximate surface area is 139 Å². The van der Waals surface area contributed by atoms with Crippen LogP contribution in [0.5, 0.6) is 0 Å². The van der Waals surface area contributed by atoms with E-state index < -0.39 is 0 Å². The van der Waals surface area contributed by atoms with Gasteiger partial charge in [-0.2, -0.15) is 0 Å². The van der Waals surface area contributed by atoms with Crippen LogP contribution in [0.1, 0.15) is 13.8 Å². The van der Waals surface area contributed by atoms with Gasteiger partial charge in [-0.05, 0) is 29.7 Å². The molecule has 3 aromatic heterocycles. The zero-order valence-corrected chi connectivity index (χ0v) is 13.9. The molecule has 0 spiro atoms. The van der Waals surface area contributed by atoms with Gasteiger partial charge in [-0.25, -0.2) is 9.97 Å². The molecule has 0 fully saturated rings. The first-order valence-electron chi connectivity index (χ1n) is 7.38. The number of anilines is 1. The lowest BCUT2D eigenvalue weighted by atomic mass is 9.94. The van der Waals surface area contributed by atoms with Gasteiger partial charge in [0.25, 0.3) is 0 Å². The second-order valence-corrected chi connectivity index (χ2v) is 6.63. The quantitative estimate of drug-likeness (QED) is 0.625. The minimum Gasteiger partial charge on any atom is -0.369 e. The van der Waals surface area contributed by atoms with Gasteiger partial charge < -0.3 is 16.0 Å². The molecule has 0 radical (unpaired) electrons. The van der Waals surface area contributed by atoms with Crippen molar-refractivity contribution in [2.75, 3.05) is 18.4 Å². The van der Waals surface area contributed by atoms with Crippen LogP contribution in [0, 0.1) is 5.41 Å². The molecule has 3 aromatic rings. The molecule has 0 bridgehead atoms. The summed E-state index contributed by atoms with van der Waals surface area (Å²) in [5, 5.41) is 3.73. The number of aromatic amines is 1. The summed E-state index contributed by atoms with van der Waals surface area (Å²) >= 11 is 6.18. The molecule has 23 heavy (non-hydrogen) atoms. The van der Waals surface area contributed by atoms with Crippen LogP contribution in [-0.4, -0.2) is 33.0 Å². The number of rotatable bonds is 5. The maximum Gasteiger partial charge on any atom is 0.156 e. The lowest BCUT2D eigenvalue weighted by Crippen LogP contribution is -2.31. The Balaban J connectivity index is 1.94. The molecule has 0 atom stereocenters. The first-order chi connectivity index (χ1) is 11.0. The van der Waals surface area contributed by atoms with Gasteiger partial charge in [-0.3, -0.25) is 4.98 Å². The molecule has 120 valence electrons. The molecule has 0 saturated carbocycles. The summed E-state index contributed by atoms with van der Waals surface area (Å²) in [4.78, 5) is 16.1. The number of H-pyrrole nitrogens is 1. The normalized spacial score (nSPS) is 11.8. The third-order valence-electron chi connectivity index (χ3n) is 3.71. The molecule has 3 rings (SSSR count). The Morgan fingerprint density at radius 1 is 1.26 bits per heavy atom. The molecule has 7 heteroatoms. The van der Waals surface area contributed by atoms with Crippen molar-refractivity contribution in [3.8, 4) is 11.1 Å². The van der Waals surface area contributed by atoms with Crippen LogP contribution >= 0.6 is 11.6 Å². The zero-order chi connectivity index (χ0) is 16.4. The number of hydrogen-bond donors (Lipinski definition) is 3. The molecule has 0 amide bonds. The lowest BCUT2D eigenvalue weighted by Gasteiger charge is -2.23. The van der Waals surface area contributed by atoms with Crippen LogP contribution in [-0.2, 0) is 0 Å². The van der Waals surface area contributed by atoms with E-state index in [-0.39, 0.29) is 5.41 Å². The number of fused-ring (bicyclic) bond motifs is 1. The van der Waals surface area contributed by atoms with E-state index in [2.05, 4.69) is 39.1 Å². The predicted octanol–water partition coefficient (Wildman–Crippen LogP) is 3.07. The Bertz CT molecular complexity index is 826. The third-order valence-corrected chi connectivity index (χ3v) is 3.91. The van der Waals surface area contributed by atoms with Gasteiger partial charge >= 0.3 is 0 Å². The molecule has 3 heterocycles. The first-order valence-corrected chi connectivity index (χ1v) is 7.76. The summed E-state index contributed by atoms with van der Waals surface area (Å²) in [5.74, 6) is 0.715. The van der Waals surface area contributed by atoms with E-state index in [0.29, 0.717) is 24.1 Å². The van der Waals surface area contributed by atoms with Crippen LogP contribution in [0.4, 0.5) is 5.82 Å². The number of nitrogens with zero attached hydrogens (tertiary/aromatic N) is 3. The maximum atomic E-state index is 6.18. The second-order valence-electron chi connectivity index (χ2n) is 6.24. The summed E-state index contributed by atoms with van der Waals surface area (Å²) < 4.78 is 0. The Kier molecular flexibility index (Phi) is 4.19. The third kappa shape index (κ3) is 3.43. The van der Waals surface area contributed by atoms with Crippen molar-refractivity contribution >= 4 is 28.6 Å². The summed E-state index contributed by atoms with van der Waals surface area (Å²) in [7, 11) is 0. The average Bonchev–Trinajstić information content (AvgIpc) is 2.97. The van der Waals surface area contributed by atoms with Gasteiger partial charge in [0.15, 0.2) is 5.65 Å². The predicted molar refractivity (Wildman–Crippen MR) is 93.5 cm³/mol. The van der Waals surface area contributed by atoms with Crippen LogP contribution in [0.25, 0.3) is 22.3 Å². The standard InChI is InChI=1S/C16H19ClN6/c1-16(2,8-18)9-22-13-6-10(5-12(17)23-13)11-7-21-15-14(11)19-3-4-20-15/h3-7H,8-9,18H2,1-2H3,(H,20,21)(H,22,23). The van der Waals surface area contributed by atoms with E-state index in [1.165, 1.54) is 0 Å². The van der Waals surface area contributed by atoms with E-state index in [9.17, 15) is 0 Å². The van der Waals surface area contributed by atoms with E-state index >= 15 is 0 Å². The van der Waals surface area contributed by atoms with E-state index in [1.807, 2.05) is 18.3 Å². The van der Waals surface area contributed by atoms with Crippen molar-refractivity contribution in [1.29, 1.82) is 0 Å². The smallest absolute Gasteiger partial charge is 0.156 e. The summed E-state index contributed by atoms with van der Waals surface area (Å²) in [6, 6.07) is 3.77.